The highest BCUT2D eigenvalue weighted by atomic mass is 15.2. The van der Waals surface area contributed by atoms with E-state index in [-0.39, 0.29) is 5.54 Å². The number of nitrogens with one attached hydrogen (secondary N) is 1. The van der Waals surface area contributed by atoms with Gasteiger partial charge in [-0.1, -0.05) is 19.3 Å². The van der Waals surface area contributed by atoms with Crippen molar-refractivity contribution in [3.63, 3.8) is 0 Å². The van der Waals surface area contributed by atoms with Crippen LogP contribution in [0.15, 0.2) is 0 Å². The van der Waals surface area contributed by atoms with Crippen molar-refractivity contribution in [1.82, 2.24) is 10.2 Å². The molecule has 0 spiro atoms. The molecule has 98 valence electrons. The zero-order valence-corrected chi connectivity index (χ0v) is 11.0. The first-order valence-corrected chi connectivity index (χ1v) is 7.50. The summed E-state index contributed by atoms with van der Waals surface area (Å²) in [5.41, 5.74) is 6.38. The van der Waals surface area contributed by atoms with Crippen LogP contribution in [0.5, 0.6) is 0 Å². The first-order chi connectivity index (χ1) is 8.32. The molecule has 2 saturated heterocycles. The van der Waals surface area contributed by atoms with Gasteiger partial charge >= 0.3 is 0 Å². The van der Waals surface area contributed by atoms with Crippen LogP contribution < -0.4 is 11.1 Å². The summed E-state index contributed by atoms with van der Waals surface area (Å²) in [5, 5.41) is 3.86. The molecule has 3 N–H and O–H groups in total. The van der Waals surface area contributed by atoms with Gasteiger partial charge in [0.1, 0.15) is 0 Å². The molecule has 3 rings (SSSR count). The minimum absolute atomic E-state index is 0.275. The minimum atomic E-state index is 0.275. The molecular weight excluding hydrogens is 210 g/mol. The molecular formula is C14H27N3. The molecule has 3 unspecified atom stereocenters. The Kier molecular flexibility index (Phi) is 3.42. The van der Waals surface area contributed by atoms with Crippen molar-refractivity contribution >= 4 is 0 Å². The van der Waals surface area contributed by atoms with Gasteiger partial charge in [-0.05, 0) is 50.7 Å². The van der Waals surface area contributed by atoms with Crippen LogP contribution in [0.1, 0.15) is 38.5 Å². The monoisotopic (exact) mass is 237 g/mol. The predicted octanol–water partition coefficient (Wildman–Crippen LogP) is 1.19. The Balaban J connectivity index is 1.53. The summed E-state index contributed by atoms with van der Waals surface area (Å²) >= 11 is 0. The lowest BCUT2D eigenvalue weighted by molar-refractivity contribution is 0.132. The van der Waals surface area contributed by atoms with E-state index in [2.05, 4.69) is 10.2 Å². The molecule has 0 aromatic carbocycles. The third kappa shape index (κ3) is 2.25. The summed E-state index contributed by atoms with van der Waals surface area (Å²) in [6.07, 6.45) is 8.39. The Morgan fingerprint density at radius 1 is 1.24 bits per heavy atom. The van der Waals surface area contributed by atoms with Crippen LogP contribution in [-0.2, 0) is 0 Å². The van der Waals surface area contributed by atoms with Crippen LogP contribution >= 0.6 is 0 Å². The van der Waals surface area contributed by atoms with Crippen molar-refractivity contribution in [3.8, 4) is 0 Å². The van der Waals surface area contributed by atoms with E-state index >= 15 is 0 Å². The van der Waals surface area contributed by atoms with Gasteiger partial charge in [0, 0.05) is 18.6 Å². The first-order valence-electron chi connectivity index (χ1n) is 7.50. The number of hydrogen-bond acceptors (Lipinski definition) is 3. The predicted molar refractivity (Wildman–Crippen MR) is 70.9 cm³/mol. The summed E-state index contributed by atoms with van der Waals surface area (Å²) < 4.78 is 0. The van der Waals surface area contributed by atoms with Gasteiger partial charge < -0.3 is 16.0 Å². The number of nitrogens with two attached hydrogens (primary N) is 1. The van der Waals surface area contributed by atoms with E-state index in [1.807, 2.05) is 0 Å². The topological polar surface area (TPSA) is 41.3 Å². The molecule has 1 aliphatic carbocycles. The van der Waals surface area contributed by atoms with Crippen LogP contribution in [0.3, 0.4) is 0 Å². The highest BCUT2D eigenvalue weighted by Crippen LogP contribution is 2.35. The molecule has 1 saturated carbocycles. The molecule has 2 aliphatic heterocycles. The highest BCUT2D eigenvalue weighted by Gasteiger charge is 2.44. The van der Waals surface area contributed by atoms with E-state index in [0.717, 1.165) is 18.4 Å². The van der Waals surface area contributed by atoms with Gasteiger partial charge in [-0.3, -0.25) is 0 Å². The molecule has 3 heteroatoms. The lowest BCUT2D eigenvalue weighted by Crippen LogP contribution is -2.60. The van der Waals surface area contributed by atoms with Crippen molar-refractivity contribution in [2.45, 2.75) is 44.1 Å². The molecule has 2 heterocycles. The number of nitrogens with zero attached hydrogens (tertiary/aromatic N) is 1. The number of fused-ring (bicyclic) bond motifs is 2. The highest BCUT2D eigenvalue weighted by molar-refractivity contribution is 5.03. The van der Waals surface area contributed by atoms with Gasteiger partial charge in [0.2, 0.25) is 0 Å². The average molecular weight is 237 g/mol. The Morgan fingerprint density at radius 3 is 2.82 bits per heavy atom. The summed E-state index contributed by atoms with van der Waals surface area (Å²) in [5.74, 6) is 1.82. The van der Waals surface area contributed by atoms with Gasteiger partial charge in [0.05, 0.1) is 0 Å². The molecule has 3 nitrogen and oxygen atoms in total. The smallest absolute Gasteiger partial charge is 0.0357 e. The third-order valence-electron chi connectivity index (χ3n) is 5.55. The maximum absolute atomic E-state index is 6.11. The number of rotatable bonds is 5. The van der Waals surface area contributed by atoms with Gasteiger partial charge in [-0.2, -0.15) is 0 Å². The second-order valence-electron chi connectivity index (χ2n) is 6.41. The summed E-state index contributed by atoms with van der Waals surface area (Å²) in [6.45, 7) is 5.86. The van der Waals surface area contributed by atoms with Crippen molar-refractivity contribution in [2.75, 3.05) is 32.7 Å². The van der Waals surface area contributed by atoms with Crippen molar-refractivity contribution in [3.05, 3.63) is 0 Å². The van der Waals surface area contributed by atoms with Gasteiger partial charge in [0.25, 0.3) is 0 Å². The fourth-order valence-electron chi connectivity index (χ4n) is 3.93. The summed E-state index contributed by atoms with van der Waals surface area (Å²) in [7, 11) is 0. The Hall–Kier alpha value is -0.120. The van der Waals surface area contributed by atoms with Crippen LogP contribution in [0, 0.1) is 11.8 Å². The van der Waals surface area contributed by atoms with Gasteiger partial charge in [0.15, 0.2) is 0 Å². The molecule has 3 fully saturated rings. The molecule has 3 atom stereocenters. The Bertz CT molecular complexity index is 264. The van der Waals surface area contributed by atoms with E-state index in [4.69, 9.17) is 5.73 Å². The lowest BCUT2D eigenvalue weighted by Gasteiger charge is -2.43. The second-order valence-corrected chi connectivity index (χ2v) is 6.41. The second kappa shape index (κ2) is 4.87. The molecule has 0 aromatic heterocycles. The van der Waals surface area contributed by atoms with Crippen LogP contribution in [0.25, 0.3) is 0 Å². The van der Waals surface area contributed by atoms with E-state index in [1.165, 1.54) is 64.7 Å². The van der Waals surface area contributed by atoms with E-state index < -0.39 is 0 Å². The van der Waals surface area contributed by atoms with Crippen molar-refractivity contribution < 1.29 is 0 Å². The van der Waals surface area contributed by atoms with Crippen LogP contribution in [-0.4, -0.2) is 43.2 Å². The van der Waals surface area contributed by atoms with E-state index in [9.17, 15) is 0 Å². The van der Waals surface area contributed by atoms with Crippen molar-refractivity contribution in [2.24, 2.45) is 17.6 Å². The zero-order chi connectivity index (χ0) is 11.7. The maximum atomic E-state index is 6.11. The Labute approximate surface area is 105 Å². The van der Waals surface area contributed by atoms with Crippen molar-refractivity contribution in [1.29, 1.82) is 0 Å². The zero-order valence-electron chi connectivity index (χ0n) is 11.0. The van der Waals surface area contributed by atoms with Gasteiger partial charge in [-0.15, -0.1) is 0 Å². The third-order valence-corrected chi connectivity index (χ3v) is 5.55. The standard InChI is InChI=1S/C14H27N3/c15-11-14(16-7-4-12-2-1-3-12)6-9-17-8-5-13(14)10-17/h12-13,16H,1-11,15H2. The lowest BCUT2D eigenvalue weighted by atomic mass is 9.78. The molecule has 0 radical (unpaired) electrons. The van der Waals surface area contributed by atoms with Crippen LogP contribution in [0.4, 0.5) is 0 Å². The molecule has 3 aliphatic rings. The van der Waals surface area contributed by atoms with E-state index in [1.54, 1.807) is 0 Å². The molecule has 0 aromatic rings. The first kappa shape index (κ1) is 11.9. The SMILES string of the molecule is NCC1(NCCC2CCC2)CCN2CCC1C2. The normalized spacial score (nSPS) is 41.5. The summed E-state index contributed by atoms with van der Waals surface area (Å²) in [6, 6.07) is 0. The molecule has 17 heavy (non-hydrogen) atoms. The molecule has 0 amide bonds. The van der Waals surface area contributed by atoms with E-state index in [0.29, 0.717) is 0 Å². The number of piperidine rings is 1. The minimum Gasteiger partial charge on any atom is -0.329 e. The largest absolute Gasteiger partial charge is 0.329 e. The van der Waals surface area contributed by atoms with Gasteiger partial charge in [-0.25, -0.2) is 0 Å². The maximum Gasteiger partial charge on any atom is 0.0357 e. The molecule has 2 bridgehead atoms. The number of hydrogen-bond donors (Lipinski definition) is 2. The fraction of sp³-hybridized carbons (Fsp3) is 1.00. The Morgan fingerprint density at radius 2 is 2.12 bits per heavy atom. The summed E-state index contributed by atoms with van der Waals surface area (Å²) in [4.78, 5) is 2.60. The fourth-order valence-corrected chi connectivity index (χ4v) is 3.93. The van der Waals surface area contributed by atoms with Crippen LogP contribution in [0.2, 0.25) is 0 Å². The quantitative estimate of drug-likeness (QED) is 0.755. The average Bonchev–Trinajstić information content (AvgIpc) is 2.70.